The van der Waals surface area contributed by atoms with E-state index in [4.69, 9.17) is 5.11 Å². The molecule has 0 aromatic heterocycles. The number of aromatic carboxylic acids is 1. The van der Waals surface area contributed by atoms with Gasteiger partial charge >= 0.3 is 12.1 Å². The molecule has 7 heteroatoms. The van der Waals surface area contributed by atoms with E-state index in [0.29, 0.717) is 0 Å². The van der Waals surface area contributed by atoms with Crippen LogP contribution in [-0.4, -0.2) is 17.0 Å². The van der Waals surface area contributed by atoms with Crippen LogP contribution < -0.4 is 5.32 Å². The van der Waals surface area contributed by atoms with Crippen molar-refractivity contribution >= 4 is 18.0 Å². The quantitative estimate of drug-likeness (QED) is 0.893. The van der Waals surface area contributed by atoms with Crippen molar-refractivity contribution in [3.63, 3.8) is 0 Å². The molecular formula is C17H12F3NO3. The molecule has 0 unspecified atom stereocenters. The Morgan fingerprint density at radius 3 is 2.33 bits per heavy atom. The van der Waals surface area contributed by atoms with E-state index in [0.717, 1.165) is 12.1 Å². The first kappa shape index (κ1) is 17.3. The number of carboxylic acids is 1. The second-order valence-electron chi connectivity index (χ2n) is 4.82. The third-order valence-corrected chi connectivity index (χ3v) is 3.08. The number of carbonyl (C=O) groups is 2. The zero-order valence-electron chi connectivity index (χ0n) is 12.2. The molecule has 4 nitrogen and oxygen atoms in total. The van der Waals surface area contributed by atoms with Crippen molar-refractivity contribution in [2.24, 2.45) is 0 Å². The van der Waals surface area contributed by atoms with Gasteiger partial charge in [-0.25, -0.2) is 4.79 Å². The van der Waals surface area contributed by atoms with Crippen LogP contribution in [-0.2, 0) is 6.18 Å². The van der Waals surface area contributed by atoms with Crippen LogP contribution in [0.15, 0.2) is 54.7 Å². The van der Waals surface area contributed by atoms with Crippen LogP contribution in [0.5, 0.6) is 0 Å². The lowest BCUT2D eigenvalue weighted by Gasteiger charge is -2.06. The number of alkyl halides is 3. The third-order valence-electron chi connectivity index (χ3n) is 3.08. The second kappa shape index (κ2) is 6.99. The standard InChI is InChI=1S/C17H12F3NO3/c18-17(19,20)14-6-1-3-11(9-14)7-8-21-15(22)12-4-2-5-13(10-12)16(23)24/h1-10H,(H,21,22)(H,23,24)/b8-7+. The summed E-state index contributed by atoms with van der Waals surface area (Å²) in [7, 11) is 0. The number of benzene rings is 2. The number of rotatable bonds is 4. The van der Waals surface area contributed by atoms with Crippen molar-refractivity contribution in [3.05, 3.63) is 77.0 Å². The van der Waals surface area contributed by atoms with Gasteiger partial charge in [-0.15, -0.1) is 0 Å². The molecule has 0 bridgehead atoms. The summed E-state index contributed by atoms with van der Waals surface area (Å²) in [5, 5.41) is 11.2. The van der Waals surface area contributed by atoms with E-state index in [2.05, 4.69) is 5.32 Å². The molecule has 2 aromatic carbocycles. The highest BCUT2D eigenvalue weighted by Gasteiger charge is 2.30. The van der Waals surface area contributed by atoms with Crippen molar-refractivity contribution < 1.29 is 27.9 Å². The molecular weight excluding hydrogens is 323 g/mol. The van der Waals surface area contributed by atoms with Crippen LogP contribution >= 0.6 is 0 Å². The van der Waals surface area contributed by atoms with Crippen LogP contribution in [0, 0.1) is 0 Å². The number of amides is 1. The first-order chi connectivity index (χ1) is 11.3. The Labute approximate surface area is 135 Å². The Hall–Kier alpha value is -3.09. The smallest absolute Gasteiger partial charge is 0.416 e. The van der Waals surface area contributed by atoms with Crippen molar-refractivity contribution in [2.75, 3.05) is 0 Å². The summed E-state index contributed by atoms with van der Waals surface area (Å²) in [5.74, 6) is -1.73. The van der Waals surface area contributed by atoms with Crippen molar-refractivity contribution in [1.82, 2.24) is 5.32 Å². The summed E-state index contributed by atoms with van der Waals surface area (Å²) < 4.78 is 37.8. The number of hydrogen-bond acceptors (Lipinski definition) is 2. The Morgan fingerprint density at radius 2 is 1.67 bits per heavy atom. The summed E-state index contributed by atoms with van der Waals surface area (Å²) in [6.07, 6.45) is -1.93. The molecule has 0 radical (unpaired) electrons. The molecule has 0 aliphatic heterocycles. The van der Waals surface area contributed by atoms with E-state index in [1.54, 1.807) is 0 Å². The predicted octanol–water partition coefficient (Wildman–Crippen LogP) is 3.80. The third kappa shape index (κ3) is 4.45. The molecule has 0 saturated heterocycles. The monoisotopic (exact) mass is 335 g/mol. The minimum absolute atomic E-state index is 0.0375. The molecule has 2 rings (SSSR count). The average molecular weight is 335 g/mol. The highest BCUT2D eigenvalue weighted by molar-refractivity contribution is 5.98. The number of nitrogens with one attached hydrogen (secondary N) is 1. The van der Waals surface area contributed by atoms with Crippen LogP contribution in [0.3, 0.4) is 0 Å². The second-order valence-corrected chi connectivity index (χ2v) is 4.82. The van der Waals surface area contributed by atoms with Gasteiger partial charge in [0.25, 0.3) is 5.91 Å². The van der Waals surface area contributed by atoms with E-state index in [1.165, 1.54) is 48.7 Å². The van der Waals surface area contributed by atoms with E-state index in [9.17, 15) is 22.8 Å². The molecule has 2 aromatic rings. The Morgan fingerprint density at radius 1 is 1.00 bits per heavy atom. The number of carbonyl (C=O) groups excluding carboxylic acids is 1. The van der Waals surface area contributed by atoms with Gasteiger partial charge in [0, 0.05) is 11.8 Å². The van der Waals surface area contributed by atoms with E-state index in [1.807, 2.05) is 0 Å². The highest BCUT2D eigenvalue weighted by Crippen LogP contribution is 2.29. The zero-order chi connectivity index (χ0) is 17.7. The van der Waals surface area contributed by atoms with Crippen LogP contribution in [0.2, 0.25) is 0 Å². The lowest BCUT2D eigenvalue weighted by atomic mass is 10.1. The van der Waals surface area contributed by atoms with Gasteiger partial charge in [0.1, 0.15) is 0 Å². The van der Waals surface area contributed by atoms with E-state index in [-0.39, 0.29) is 16.7 Å². The molecule has 124 valence electrons. The first-order valence-corrected chi connectivity index (χ1v) is 6.75. The average Bonchev–Trinajstić information content (AvgIpc) is 2.54. The molecule has 0 saturated carbocycles. The lowest BCUT2D eigenvalue weighted by molar-refractivity contribution is -0.137. The van der Waals surface area contributed by atoms with Crippen molar-refractivity contribution in [3.8, 4) is 0 Å². The number of carboxylic acid groups (broad SMARTS) is 1. The van der Waals surface area contributed by atoms with Gasteiger partial charge in [-0.3, -0.25) is 4.79 Å². The summed E-state index contributed by atoms with van der Waals surface area (Å²) in [5.41, 5.74) is -0.428. The molecule has 0 atom stereocenters. The number of halogens is 3. The molecule has 24 heavy (non-hydrogen) atoms. The Kier molecular flexibility index (Phi) is 5.03. The van der Waals surface area contributed by atoms with Gasteiger partial charge in [-0.1, -0.05) is 18.2 Å². The summed E-state index contributed by atoms with van der Waals surface area (Å²) in [6, 6.07) is 10.0. The molecule has 1 amide bonds. The maximum atomic E-state index is 12.6. The largest absolute Gasteiger partial charge is 0.478 e. The summed E-state index contributed by atoms with van der Waals surface area (Å²) in [6.45, 7) is 0. The minimum atomic E-state index is -4.44. The van der Waals surface area contributed by atoms with Crippen molar-refractivity contribution in [1.29, 1.82) is 0 Å². The van der Waals surface area contributed by atoms with Gasteiger partial charge < -0.3 is 10.4 Å². The fourth-order valence-electron chi connectivity index (χ4n) is 1.91. The van der Waals surface area contributed by atoms with Crippen molar-refractivity contribution in [2.45, 2.75) is 6.18 Å². The maximum Gasteiger partial charge on any atom is 0.416 e. The van der Waals surface area contributed by atoms with Gasteiger partial charge in [-0.2, -0.15) is 13.2 Å². The highest BCUT2D eigenvalue weighted by atomic mass is 19.4. The molecule has 0 fully saturated rings. The molecule has 0 aliphatic rings. The minimum Gasteiger partial charge on any atom is -0.478 e. The summed E-state index contributed by atoms with van der Waals surface area (Å²) >= 11 is 0. The summed E-state index contributed by atoms with van der Waals surface area (Å²) in [4.78, 5) is 22.8. The maximum absolute atomic E-state index is 12.6. The van der Waals surface area contributed by atoms with E-state index >= 15 is 0 Å². The number of hydrogen-bond donors (Lipinski definition) is 2. The van der Waals surface area contributed by atoms with Gasteiger partial charge in [0.05, 0.1) is 11.1 Å². The van der Waals surface area contributed by atoms with Crippen LogP contribution in [0.4, 0.5) is 13.2 Å². The van der Waals surface area contributed by atoms with Gasteiger partial charge in [0.15, 0.2) is 0 Å². The van der Waals surface area contributed by atoms with Gasteiger partial charge in [0.2, 0.25) is 0 Å². The normalized spacial score (nSPS) is 11.5. The molecule has 0 spiro atoms. The SMILES string of the molecule is O=C(O)c1cccc(C(=O)N/C=C/c2cccc(C(F)(F)F)c2)c1. The molecule has 0 aliphatic carbocycles. The molecule has 0 heterocycles. The van der Waals surface area contributed by atoms with Crippen LogP contribution in [0.25, 0.3) is 6.08 Å². The van der Waals surface area contributed by atoms with Crippen LogP contribution in [0.1, 0.15) is 31.8 Å². The topological polar surface area (TPSA) is 66.4 Å². The zero-order valence-corrected chi connectivity index (χ0v) is 12.2. The van der Waals surface area contributed by atoms with E-state index < -0.39 is 23.6 Å². The lowest BCUT2D eigenvalue weighted by Crippen LogP contribution is -2.17. The first-order valence-electron chi connectivity index (χ1n) is 6.75. The Balaban J connectivity index is 2.08. The van der Waals surface area contributed by atoms with Gasteiger partial charge in [-0.05, 0) is 42.0 Å². The fraction of sp³-hybridized carbons (Fsp3) is 0.0588. The predicted molar refractivity (Wildman–Crippen MR) is 81.3 cm³/mol. The molecule has 2 N–H and O–H groups in total. The fourth-order valence-corrected chi connectivity index (χ4v) is 1.91. The Bertz CT molecular complexity index is 798.